The fourth-order valence-corrected chi connectivity index (χ4v) is 5.27. The SMILES string of the molecule is COc1cc(OC)c([C@H]2C3=C(CCCC3=O)Nc3nc(SCc4ccc(F)cc4)nn32)cc1OC. The number of nitrogens with zero attached hydrogens (tertiary/aromatic N) is 3. The lowest BCUT2D eigenvalue weighted by Gasteiger charge is -2.33. The maximum atomic E-state index is 13.2. The summed E-state index contributed by atoms with van der Waals surface area (Å²) in [6, 6.07) is 9.41. The van der Waals surface area contributed by atoms with Crippen molar-refractivity contribution < 1.29 is 23.4 Å². The van der Waals surface area contributed by atoms with Gasteiger partial charge in [0, 0.05) is 35.1 Å². The average molecular weight is 497 g/mol. The third kappa shape index (κ3) is 4.34. The van der Waals surface area contributed by atoms with Crippen LogP contribution in [0.25, 0.3) is 0 Å². The molecule has 3 aromatic rings. The van der Waals surface area contributed by atoms with E-state index >= 15 is 0 Å². The number of thioether (sulfide) groups is 1. The molecule has 0 saturated carbocycles. The second-order valence-electron chi connectivity index (χ2n) is 8.22. The van der Waals surface area contributed by atoms with E-state index in [1.165, 1.54) is 23.9 Å². The van der Waals surface area contributed by atoms with Crippen LogP contribution in [0.3, 0.4) is 0 Å². The number of ether oxygens (including phenoxy) is 3. The Morgan fingerprint density at radius 3 is 2.49 bits per heavy atom. The number of halogens is 1. The Hall–Kier alpha value is -3.53. The van der Waals surface area contributed by atoms with Crippen LogP contribution in [0.4, 0.5) is 10.3 Å². The zero-order chi connectivity index (χ0) is 24.5. The molecule has 0 saturated heterocycles. The van der Waals surface area contributed by atoms with Gasteiger partial charge in [0.25, 0.3) is 0 Å². The molecule has 182 valence electrons. The Balaban J connectivity index is 1.58. The standard InChI is InChI=1S/C25H25FN4O4S/c1-32-19-12-21(34-3)20(33-2)11-16(19)23-22-17(5-4-6-18(22)31)27-24-28-25(29-30(23)24)35-13-14-7-9-15(26)10-8-14/h7-12,23H,4-6,13H2,1-3H3,(H,27,28,29)/t23-/m0/s1. The van der Waals surface area contributed by atoms with E-state index in [0.29, 0.717) is 46.1 Å². The van der Waals surface area contributed by atoms with Crippen molar-refractivity contribution in [2.45, 2.75) is 36.2 Å². The van der Waals surface area contributed by atoms with Gasteiger partial charge >= 0.3 is 0 Å². The first kappa shape index (κ1) is 23.2. The monoisotopic (exact) mass is 496 g/mol. The van der Waals surface area contributed by atoms with Crippen molar-refractivity contribution in [2.75, 3.05) is 26.6 Å². The zero-order valence-electron chi connectivity index (χ0n) is 19.6. The number of hydrogen-bond donors (Lipinski definition) is 1. The number of nitrogens with one attached hydrogen (secondary N) is 1. The van der Waals surface area contributed by atoms with E-state index in [9.17, 15) is 9.18 Å². The highest BCUT2D eigenvalue weighted by molar-refractivity contribution is 7.98. The van der Waals surface area contributed by atoms with Crippen LogP contribution < -0.4 is 19.5 Å². The number of ketones is 1. The molecule has 0 amide bonds. The molecule has 2 aliphatic rings. The Morgan fingerprint density at radius 1 is 1.06 bits per heavy atom. The molecule has 10 heteroatoms. The molecule has 1 aliphatic carbocycles. The molecule has 1 aromatic heterocycles. The average Bonchev–Trinajstić information content (AvgIpc) is 3.29. The van der Waals surface area contributed by atoms with Crippen LogP contribution >= 0.6 is 11.8 Å². The molecule has 0 radical (unpaired) electrons. The molecule has 0 fully saturated rings. The summed E-state index contributed by atoms with van der Waals surface area (Å²) in [5.74, 6) is 2.55. The summed E-state index contributed by atoms with van der Waals surface area (Å²) in [6.45, 7) is 0. The van der Waals surface area contributed by atoms with Gasteiger partial charge in [0.1, 0.15) is 17.6 Å². The van der Waals surface area contributed by atoms with Crippen molar-refractivity contribution in [1.29, 1.82) is 0 Å². The lowest BCUT2D eigenvalue weighted by molar-refractivity contribution is -0.116. The quantitative estimate of drug-likeness (QED) is 0.469. The molecule has 1 N–H and O–H groups in total. The van der Waals surface area contributed by atoms with Gasteiger partial charge in [-0.2, -0.15) is 4.98 Å². The first-order chi connectivity index (χ1) is 17.0. The highest BCUT2D eigenvalue weighted by atomic mass is 32.2. The molecule has 8 nitrogen and oxygen atoms in total. The second-order valence-corrected chi connectivity index (χ2v) is 9.17. The molecule has 1 atom stereocenters. The summed E-state index contributed by atoms with van der Waals surface area (Å²) >= 11 is 1.44. The van der Waals surface area contributed by atoms with Crippen LogP contribution in [0.1, 0.15) is 36.4 Å². The van der Waals surface area contributed by atoms with E-state index in [0.717, 1.165) is 29.7 Å². The molecule has 0 spiro atoms. The number of rotatable bonds is 7. The third-order valence-corrected chi connectivity index (χ3v) is 7.07. The molecule has 0 bridgehead atoms. The van der Waals surface area contributed by atoms with Gasteiger partial charge in [-0.1, -0.05) is 23.9 Å². The number of methoxy groups -OCH3 is 3. The Morgan fingerprint density at radius 2 is 1.77 bits per heavy atom. The van der Waals surface area contributed by atoms with E-state index in [-0.39, 0.29) is 11.6 Å². The van der Waals surface area contributed by atoms with E-state index in [1.54, 1.807) is 44.2 Å². The van der Waals surface area contributed by atoms with Gasteiger partial charge in [-0.05, 0) is 36.6 Å². The number of benzene rings is 2. The predicted molar refractivity (Wildman–Crippen MR) is 130 cm³/mol. The summed E-state index contributed by atoms with van der Waals surface area (Å²) < 4.78 is 31.7. The molecule has 0 unspecified atom stereocenters. The number of carbonyl (C=O) groups is 1. The zero-order valence-corrected chi connectivity index (χ0v) is 20.4. The topological polar surface area (TPSA) is 87.5 Å². The Kier molecular flexibility index (Phi) is 6.38. The van der Waals surface area contributed by atoms with Crippen LogP contribution in [0.15, 0.2) is 52.8 Å². The van der Waals surface area contributed by atoms with Crippen LogP contribution in [0, 0.1) is 5.82 Å². The first-order valence-corrected chi connectivity index (χ1v) is 12.2. The van der Waals surface area contributed by atoms with E-state index in [2.05, 4.69) is 5.32 Å². The third-order valence-electron chi connectivity index (χ3n) is 6.16. The Labute approximate surface area is 206 Å². The summed E-state index contributed by atoms with van der Waals surface area (Å²) in [5.41, 5.74) is 3.21. The van der Waals surface area contributed by atoms with Crippen molar-refractivity contribution in [3.8, 4) is 17.2 Å². The fourth-order valence-electron chi connectivity index (χ4n) is 4.48. The molecular weight excluding hydrogens is 471 g/mol. The van der Waals surface area contributed by atoms with E-state index < -0.39 is 6.04 Å². The molecule has 35 heavy (non-hydrogen) atoms. The molecule has 2 aromatic carbocycles. The number of anilines is 1. The summed E-state index contributed by atoms with van der Waals surface area (Å²) in [7, 11) is 4.71. The van der Waals surface area contributed by atoms with Gasteiger partial charge in [0.15, 0.2) is 17.3 Å². The molecular formula is C25H25FN4O4S. The summed E-state index contributed by atoms with van der Waals surface area (Å²) in [5, 5.41) is 8.64. The van der Waals surface area contributed by atoms with Crippen LogP contribution in [-0.2, 0) is 10.5 Å². The minimum Gasteiger partial charge on any atom is -0.496 e. The van der Waals surface area contributed by atoms with Crippen LogP contribution in [0.2, 0.25) is 0 Å². The fraction of sp³-hybridized carbons (Fsp3) is 0.320. The largest absolute Gasteiger partial charge is 0.496 e. The number of hydrogen-bond acceptors (Lipinski definition) is 8. The molecule has 1 aliphatic heterocycles. The van der Waals surface area contributed by atoms with Crippen molar-refractivity contribution in [3.63, 3.8) is 0 Å². The number of fused-ring (bicyclic) bond motifs is 1. The van der Waals surface area contributed by atoms with E-state index in [4.69, 9.17) is 24.3 Å². The first-order valence-electron chi connectivity index (χ1n) is 11.2. The summed E-state index contributed by atoms with van der Waals surface area (Å²) in [4.78, 5) is 17.8. The van der Waals surface area contributed by atoms with Gasteiger partial charge in [-0.3, -0.25) is 4.79 Å². The highest BCUT2D eigenvalue weighted by Gasteiger charge is 2.38. The smallest absolute Gasteiger partial charge is 0.227 e. The van der Waals surface area contributed by atoms with Crippen LogP contribution in [0.5, 0.6) is 17.2 Å². The predicted octanol–water partition coefficient (Wildman–Crippen LogP) is 4.76. The van der Waals surface area contributed by atoms with Crippen LogP contribution in [-0.4, -0.2) is 41.9 Å². The van der Waals surface area contributed by atoms with Crippen molar-refractivity contribution in [3.05, 3.63) is 64.6 Å². The van der Waals surface area contributed by atoms with Crippen molar-refractivity contribution in [2.24, 2.45) is 0 Å². The number of carbonyl (C=O) groups excluding carboxylic acids is 1. The van der Waals surface area contributed by atoms with E-state index in [1.807, 2.05) is 6.07 Å². The van der Waals surface area contributed by atoms with Crippen molar-refractivity contribution in [1.82, 2.24) is 14.8 Å². The molecule has 2 heterocycles. The highest BCUT2D eigenvalue weighted by Crippen LogP contribution is 2.46. The van der Waals surface area contributed by atoms with Gasteiger partial charge in [-0.15, -0.1) is 5.10 Å². The lowest BCUT2D eigenvalue weighted by atomic mass is 9.85. The Bertz CT molecular complexity index is 1310. The maximum Gasteiger partial charge on any atom is 0.227 e. The maximum absolute atomic E-state index is 13.2. The summed E-state index contributed by atoms with van der Waals surface area (Å²) in [6.07, 6.45) is 2.00. The minimum absolute atomic E-state index is 0.0715. The minimum atomic E-state index is -0.531. The van der Waals surface area contributed by atoms with Gasteiger partial charge in [-0.25, -0.2) is 9.07 Å². The number of allylic oxidation sites excluding steroid dienone is 2. The number of aromatic nitrogens is 3. The lowest BCUT2D eigenvalue weighted by Crippen LogP contribution is -2.31. The number of Topliss-reactive ketones (excluding diaryl/α,β-unsaturated/α-hetero) is 1. The van der Waals surface area contributed by atoms with Crippen molar-refractivity contribution >= 4 is 23.5 Å². The van der Waals surface area contributed by atoms with Gasteiger partial charge in [0.05, 0.1) is 21.3 Å². The molecule has 5 rings (SSSR count). The normalized spacial score (nSPS) is 16.9. The van der Waals surface area contributed by atoms with Gasteiger partial charge < -0.3 is 19.5 Å². The van der Waals surface area contributed by atoms with Gasteiger partial charge in [0.2, 0.25) is 11.1 Å². The second kappa shape index (κ2) is 9.61.